The third-order valence-corrected chi connectivity index (χ3v) is 5.87. The van der Waals surface area contributed by atoms with Crippen molar-refractivity contribution in [1.82, 2.24) is 5.32 Å². The highest BCUT2D eigenvalue weighted by Gasteiger charge is 2.19. The molecule has 0 saturated carbocycles. The molecule has 9 heteroatoms. The van der Waals surface area contributed by atoms with E-state index < -0.39 is 30.2 Å². The predicted molar refractivity (Wildman–Crippen MR) is 132 cm³/mol. The molecule has 0 aliphatic carbocycles. The highest BCUT2D eigenvalue weighted by Crippen LogP contribution is 2.30. The predicted octanol–water partition coefficient (Wildman–Crippen LogP) is 6.63. The Labute approximate surface area is 213 Å². The number of alkyl halides is 2. The Kier molecular flexibility index (Phi) is 9.16. The molecule has 196 valence electrons. The number of aliphatic carboxylic acids is 1. The summed E-state index contributed by atoms with van der Waals surface area (Å²) in [7, 11) is 1.28. The van der Waals surface area contributed by atoms with Gasteiger partial charge in [-0.1, -0.05) is 19.1 Å². The van der Waals surface area contributed by atoms with Crippen molar-refractivity contribution >= 4 is 11.9 Å². The van der Waals surface area contributed by atoms with E-state index in [2.05, 4.69) is 5.32 Å². The van der Waals surface area contributed by atoms with Crippen molar-refractivity contribution in [3.05, 3.63) is 88.2 Å². The molecule has 0 heterocycles. The van der Waals surface area contributed by atoms with Crippen LogP contribution in [0, 0.1) is 5.82 Å². The fourth-order valence-electron chi connectivity index (χ4n) is 3.90. The molecule has 0 aromatic heterocycles. The molecule has 2 N–H and O–H groups in total. The fraction of sp³-hybridized carbons (Fsp3) is 0.286. The molecule has 1 unspecified atom stereocenters. The third kappa shape index (κ3) is 7.25. The van der Waals surface area contributed by atoms with Crippen LogP contribution in [0.1, 0.15) is 65.3 Å². The number of ether oxygens (including phenoxy) is 2. The normalized spacial score (nSPS) is 11.8. The second-order valence-electron chi connectivity index (χ2n) is 8.46. The molecule has 1 amide bonds. The molecule has 6 nitrogen and oxygen atoms in total. The molecule has 37 heavy (non-hydrogen) atoms. The van der Waals surface area contributed by atoms with Gasteiger partial charge in [0.25, 0.3) is 12.3 Å². The number of rotatable bonds is 11. The van der Waals surface area contributed by atoms with E-state index in [0.717, 1.165) is 23.3 Å². The van der Waals surface area contributed by atoms with Gasteiger partial charge in [-0.3, -0.25) is 9.59 Å². The lowest BCUT2D eigenvalue weighted by Crippen LogP contribution is -2.27. The minimum atomic E-state index is -2.70. The Hall–Kier alpha value is -4.01. The van der Waals surface area contributed by atoms with Crippen LogP contribution in [0.15, 0.2) is 54.6 Å². The number of nitrogens with one attached hydrogen (secondary N) is 1. The second kappa shape index (κ2) is 12.3. The first-order valence-corrected chi connectivity index (χ1v) is 11.7. The van der Waals surface area contributed by atoms with Crippen LogP contribution in [-0.2, 0) is 17.6 Å². The van der Waals surface area contributed by atoms with Crippen molar-refractivity contribution in [1.29, 1.82) is 0 Å². The van der Waals surface area contributed by atoms with Gasteiger partial charge < -0.3 is 19.9 Å². The van der Waals surface area contributed by atoms with Crippen LogP contribution in [0.25, 0.3) is 0 Å². The van der Waals surface area contributed by atoms with Crippen LogP contribution in [0.4, 0.5) is 13.2 Å². The summed E-state index contributed by atoms with van der Waals surface area (Å²) in [6.07, 6.45) is -1.61. The van der Waals surface area contributed by atoms with Gasteiger partial charge in [0.05, 0.1) is 18.7 Å². The number of hydrogen-bond acceptors (Lipinski definition) is 4. The van der Waals surface area contributed by atoms with E-state index >= 15 is 0 Å². The smallest absolute Gasteiger partial charge is 0.303 e. The van der Waals surface area contributed by atoms with Gasteiger partial charge in [-0.05, 0) is 72.9 Å². The molecule has 1 atom stereocenters. The van der Waals surface area contributed by atoms with Crippen LogP contribution >= 0.6 is 0 Å². The molecular formula is C28H28F3NO5. The maximum absolute atomic E-state index is 14.4. The van der Waals surface area contributed by atoms with Gasteiger partial charge in [-0.25, -0.2) is 13.2 Å². The monoisotopic (exact) mass is 515 g/mol. The summed E-state index contributed by atoms with van der Waals surface area (Å²) in [5.74, 6) is -1.32. The van der Waals surface area contributed by atoms with Gasteiger partial charge in [-0.15, -0.1) is 0 Å². The van der Waals surface area contributed by atoms with Crippen LogP contribution in [0.5, 0.6) is 17.2 Å². The molecule has 0 saturated heterocycles. The van der Waals surface area contributed by atoms with Crippen molar-refractivity contribution in [2.75, 3.05) is 7.11 Å². The van der Waals surface area contributed by atoms with Crippen molar-refractivity contribution in [2.45, 2.75) is 45.6 Å². The lowest BCUT2D eigenvalue weighted by Gasteiger charge is -2.18. The molecule has 3 rings (SSSR count). The number of carbonyl (C=O) groups is 2. The SMILES string of the molecule is CCc1cc(Oc2cc(F)cc(C(C)NC(=O)c3ccc(C(F)F)cc3OC)c2)ccc1CCC(=O)O. The highest BCUT2D eigenvalue weighted by molar-refractivity contribution is 5.97. The first-order valence-electron chi connectivity index (χ1n) is 11.7. The Morgan fingerprint density at radius 1 is 0.973 bits per heavy atom. The second-order valence-corrected chi connectivity index (χ2v) is 8.46. The number of carbonyl (C=O) groups excluding carboxylic acids is 1. The van der Waals surface area contributed by atoms with Gasteiger partial charge in [0, 0.05) is 18.1 Å². The van der Waals surface area contributed by atoms with E-state index in [1.54, 1.807) is 31.2 Å². The van der Waals surface area contributed by atoms with Crippen LogP contribution in [0.3, 0.4) is 0 Å². The largest absolute Gasteiger partial charge is 0.496 e. The third-order valence-electron chi connectivity index (χ3n) is 5.87. The minimum Gasteiger partial charge on any atom is -0.496 e. The maximum Gasteiger partial charge on any atom is 0.303 e. The van der Waals surface area contributed by atoms with E-state index in [9.17, 15) is 22.8 Å². The van der Waals surface area contributed by atoms with Gasteiger partial charge >= 0.3 is 5.97 Å². The summed E-state index contributed by atoms with van der Waals surface area (Å²) >= 11 is 0. The van der Waals surface area contributed by atoms with E-state index in [1.807, 2.05) is 6.92 Å². The first-order chi connectivity index (χ1) is 17.6. The number of carboxylic acids is 1. The van der Waals surface area contributed by atoms with E-state index in [1.165, 1.54) is 25.3 Å². The average Bonchev–Trinajstić information content (AvgIpc) is 2.86. The van der Waals surface area contributed by atoms with E-state index in [0.29, 0.717) is 24.2 Å². The van der Waals surface area contributed by atoms with Crippen LogP contribution in [0.2, 0.25) is 0 Å². The molecule has 0 spiro atoms. The van der Waals surface area contributed by atoms with Gasteiger partial charge in [0.1, 0.15) is 23.1 Å². The Balaban J connectivity index is 1.77. The van der Waals surface area contributed by atoms with Crippen molar-refractivity contribution in [2.24, 2.45) is 0 Å². The Bertz CT molecular complexity index is 1280. The van der Waals surface area contributed by atoms with E-state index in [-0.39, 0.29) is 29.0 Å². The van der Waals surface area contributed by atoms with Crippen molar-refractivity contribution in [3.8, 4) is 17.2 Å². The van der Waals surface area contributed by atoms with Gasteiger partial charge in [0.15, 0.2) is 0 Å². The lowest BCUT2D eigenvalue weighted by molar-refractivity contribution is -0.136. The number of halogens is 3. The molecular weight excluding hydrogens is 487 g/mol. The molecule has 0 radical (unpaired) electrons. The van der Waals surface area contributed by atoms with Crippen molar-refractivity contribution < 1.29 is 37.3 Å². The van der Waals surface area contributed by atoms with Gasteiger partial charge in [0.2, 0.25) is 0 Å². The van der Waals surface area contributed by atoms with Gasteiger partial charge in [-0.2, -0.15) is 0 Å². The summed E-state index contributed by atoms with van der Waals surface area (Å²) in [5.41, 5.74) is 2.07. The Morgan fingerprint density at radius 2 is 1.73 bits per heavy atom. The molecule has 0 aliphatic heterocycles. The number of aryl methyl sites for hydroxylation is 2. The number of benzene rings is 3. The first kappa shape index (κ1) is 27.6. The topological polar surface area (TPSA) is 84.9 Å². The van der Waals surface area contributed by atoms with E-state index in [4.69, 9.17) is 14.6 Å². The summed E-state index contributed by atoms with van der Waals surface area (Å²) in [4.78, 5) is 23.7. The average molecular weight is 516 g/mol. The van der Waals surface area contributed by atoms with Crippen molar-refractivity contribution in [3.63, 3.8) is 0 Å². The lowest BCUT2D eigenvalue weighted by atomic mass is 10.0. The quantitative estimate of drug-likeness (QED) is 0.299. The molecule has 3 aromatic rings. The maximum atomic E-state index is 14.4. The molecule has 0 bridgehead atoms. The summed E-state index contributed by atoms with van der Waals surface area (Å²) in [5, 5.41) is 11.7. The highest BCUT2D eigenvalue weighted by atomic mass is 19.3. The zero-order valence-corrected chi connectivity index (χ0v) is 20.7. The summed E-state index contributed by atoms with van der Waals surface area (Å²) in [6, 6.07) is 12.2. The van der Waals surface area contributed by atoms with Crippen LogP contribution < -0.4 is 14.8 Å². The van der Waals surface area contributed by atoms with Crippen LogP contribution in [-0.4, -0.2) is 24.1 Å². The number of amides is 1. The summed E-state index contributed by atoms with van der Waals surface area (Å²) < 4.78 is 51.4. The standard InChI is InChI=1S/C28H28F3NO5/c1-4-17-12-22(8-5-18(17)7-10-26(33)34)37-23-13-20(11-21(29)15-23)16(2)32-28(35)24-9-6-19(27(30)31)14-25(24)36-3/h5-6,8-9,11-16,27H,4,7,10H2,1-3H3,(H,32,35)(H,33,34). The minimum absolute atomic E-state index is 0.00398. The molecule has 0 fully saturated rings. The number of methoxy groups -OCH3 is 1. The molecule has 0 aliphatic rings. The zero-order valence-electron chi connectivity index (χ0n) is 20.7. The summed E-state index contributed by atoms with van der Waals surface area (Å²) in [6.45, 7) is 3.60. The number of carboxylic acid groups (broad SMARTS) is 1. The fourth-order valence-corrected chi connectivity index (χ4v) is 3.90. The Morgan fingerprint density at radius 3 is 2.38 bits per heavy atom. The number of hydrogen-bond donors (Lipinski definition) is 2. The molecule has 3 aromatic carbocycles. The zero-order chi connectivity index (χ0) is 27.1.